The second-order valence-corrected chi connectivity index (χ2v) is 3.83. The van der Waals surface area contributed by atoms with Crippen LogP contribution in [0.25, 0.3) is 10.9 Å². The molecule has 0 unspecified atom stereocenters. The van der Waals surface area contributed by atoms with Gasteiger partial charge in [0.2, 0.25) is 0 Å². The van der Waals surface area contributed by atoms with E-state index in [1.807, 2.05) is 0 Å². The Morgan fingerprint density at radius 1 is 1.12 bits per heavy atom. The van der Waals surface area contributed by atoms with E-state index in [-0.39, 0.29) is 10.9 Å². The molecule has 0 spiro atoms. The molecule has 0 bridgehead atoms. The first kappa shape index (κ1) is 11.7. The van der Waals surface area contributed by atoms with Crippen molar-refractivity contribution < 1.29 is 13.2 Å². The normalized spacial score (nSPS) is 10.9. The van der Waals surface area contributed by atoms with E-state index in [1.165, 1.54) is 0 Å². The second-order valence-electron chi connectivity index (χ2n) is 3.83. The monoisotopic (exact) mass is 240 g/mol. The molecule has 0 aliphatic heterocycles. The zero-order valence-corrected chi connectivity index (χ0v) is 9.66. The van der Waals surface area contributed by atoms with Gasteiger partial charge in [-0.1, -0.05) is 0 Å². The largest absolute Gasteiger partial charge is 0.387 e. The first-order chi connectivity index (χ1) is 7.97. The van der Waals surface area contributed by atoms with E-state index in [4.69, 9.17) is 0 Å². The van der Waals surface area contributed by atoms with E-state index >= 15 is 0 Å². The maximum absolute atomic E-state index is 13.6. The Labute approximate surface area is 96.5 Å². The summed E-state index contributed by atoms with van der Waals surface area (Å²) in [6.45, 7) is 3.48. The van der Waals surface area contributed by atoms with E-state index in [0.717, 1.165) is 11.6 Å². The summed E-state index contributed by atoms with van der Waals surface area (Å²) >= 11 is 0. The van der Waals surface area contributed by atoms with Gasteiger partial charge < -0.3 is 5.32 Å². The van der Waals surface area contributed by atoms with E-state index in [1.54, 1.807) is 20.9 Å². The number of halogens is 3. The number of pyridine rings is 1. The first-order valence-electron chi connectivity index (χ1n) is 5.09. The van der Waals surface area contributed by atoms with Crippen molar-refractivity contribution >= 4 is 16.6 Å². The van der Waals surface area contributed by atoms with E-state index in [0.29, 0.717) is 11.4 Å². The average molecular weight is 240 g/mol. The lowest BCUT2D eigenvalue weighted by molar-refractivity contribution is 0.452. The molecule has 1 N–H and O–H groups in total. The van der Waals surface area contributed by atoms with Crippen molar-refractivity contribution in [2.75, 3.05) is 12.4 Å². The maximum atomic E-state index is 13.6. The van der Waals surface area contributed by atoms with Gasteiger partial charge in [0.1, 0.15) is 5.52 Å². The minimum atomic E-state index is -1.49. The lowest BCUT2D eigenvalue weighted by Gasteiger charge is -2.12. The predicted molar refractivity (Wildman–Crippen MR) is 60.6 cm³/mol. The molecule has 0 aliphatic carbocycles. The highest BCUT2D eigenvalue weighted by atomic mass is 19.2. The van der Waals surface area contributed by atoms with Crippen molar-refractivity contribution in [2.24, 2.45) is 0 Å². The second kappa shape index (κ2) is 3.91. The number of anilines is 1. The van der Waals surface area contributed by atoms with Crippen LogP contribution in [0.4, 0.5) is 18.9 Å². The van der Waals surface area contributed by atoms with Crippen molar-refractivity contribution in [3.8, 4) is 0 Å². The smallest absolute Gasteiger partial charge is 0.196 e. The zero-order valence-electron chi connectivity index (χ0n) is 9.66. The minimum absolute atomic E-state index is 0.156. The van der Waals surface area contributed by atoms with Gasteiger partial charge in [-0.3, -0.25) is 0 Å². The molecule has 0 saturated heterocycles. The van der Waals surface area contributed by atoms with Crippen molar-refractivity contribution in [1.82, 2.24) is 4.98 Å². The number of nitrogens with one attached hydrogen (secondary N) is 1. The van der Waals surface area contributed by atoms with Gasteiger partial charge in [-0.05, 0) is 25.5 Å². The Balaban J connectivity index is 3.01. The summed E-state index contributed by atoms with van der Waals surface area (Å²) in [4.78, 5) is 3.96. The molecule has 90 valence electrons. The Hall–Kier alpha value is -1.78. The van der Waals surface area contributed by atoms with Crippen LogP contribution in [0.3, 0.4) is 0 Å². The topological polar surface area (TPSA) is 24.9 Å². The SMILES string of the molecule is CNc1c(C)c(C)nc2c(F)c(F)c(F)cc12. The van der Waals surface area contributed by atoms with Crippen LogP contribution in [0, 0.1) is 31.3 Å². The van der Waals surface area contributed by atoms with E-state index < -0.39 is 17.5 Å². The first-order valence-corrected chi connectivity index (χ1v) is 5.09. The van der Waals surface area contributed by atoms with Gasteiger partial charge in [0.05, 0.1) is 0 Å². The molecule has 0 saturated carbocycles. The highest BCUT2D eigenvalue weighted by Crippen LogP contribution is 2.31. The highest BCUT2D eigenvalue weighted by molar-refractivity contribution is 5.93. The van der Waals surface area contributed by atoms with Crippen molar-refractivity contribution in [2.45, 2.75) is 13.8 Å². The molecule has 1 aromatic heterocycles. The Kier molecular flexibility index (Phi) is 2.69. The van der Waals surface area contributed by atoms with Crippen molar-refractivity contribution in [3.05, 3.63) is 34.8 Å². The van der Waals surface area contributed by atoms with E-state index in [9.17, 15) is 13.2 Å². The van der Waals surface area contributed by atoms with Crippen LogP contribution in [0.1, 0.15) is 11.3 Å². The highest BCUT2D eigenvalue weighted by Gasteiger charge is 2.18. The summed E-state index contributed by atoms with van der Waals surface area (Å²) in [6.07, 6.45) is 0. The summed E-state index contributed by atoms with van der Waals surface area (Å²) in [5.74, 6) is -3.95. The van der Waals surface area contributed by atoms with Crippen LogP contribution in [-0.4, -0.2) is 12.0 Å². The van der Waals surface area contributed by atoms with Crippen LogP contribution in [0.15, 0.2) is 6.07 Å². The molecule has 1 aromatic carbocycles. The molecule has 0 amide bonds. The maximum Gasteiger partial charge on any atom is 0.196 e. The van der Waals surface area contributed by atoms with Gasteiger partial charge in [0.25, 0.3) is 0 Å². The lowest BCUT2D eigenvalue weighted by atomic mass is 10.1. The van der Waals surface area contributed by atoms with Crippen molar-refractivity contribution in [1.29, 1.82) is 0 Å². The van der Waals surface area contributed by atoms with Gasteiger partial charge in [-0.25, -0.2) is 18.2 Å². The number of aromatic nitrogens is 1. The summed E-state index contributed by atoms with van der Waals surface area (Å²) in [5.41, 5.74) is 1.76. The number of nitrogens with zero attached hydrogens (tertiary/aromatic N) is 1. The summed E-state index contributed by atoms with van der Waals surface area (Å²) in [5, 5.41) is 3.10. The molecule has 0 fully saturated rings. The quantitative estimate of drug-likeness (QED) is 0.773. The standard InChI is InChI=1S/C12H11F3N2/c1-5-6(2)17-12-7(11(5)16-3)4-8(13)9(14)10(12)15/h4H,1-3H3,(H,16,17). The fourth-order valence-corrected chi connectivity index (χ4v) is 1.84. The number of rotatable bonds is 1. The number of hydrogen-bond donors (Lipinski definition) is 1. The summed E-state index contributed by atoms with van der Waals surface area (Å²) in [6, 6.07) is 0.957. The number of aryl methyl sites for hydroxylation is 1. The number of benzene rings is 1. The van der Waals surface area contributed by atoms with Crippen LogP contribution < -0.4 is 5.32 Å². The number of hydrogen-bond acceptors (Lipinski definition) is 2. The van der Waals surface area contributed by atoms with Gasteiger partial charge in [0, 0.05) is 23.8 Å². The molecule has 5 heteroatoms. The van der Waals surface area contributed by atoms with Crippen LogP contribution in [-0.2, 0) is 0 Å². The van der Waals surface area contributed by atoms with Gasteiger partial charge in [-0.15, -0.1) is 0 Å². The fraction of sp³-hybridized carbons (Fsp3) is 0.250. The van der Waals surface area contributed by atoms with Crippen LogP contribution in [0.2, 0.25) is 0 Å². The van der Waals surface area contributed by atoms with Gasteiger partial charge >= 0.3 is 0 Å². The molecular weight excluding hydrogens is 229 g/mol. The molecule has 2 rings (SSSR count). The van der Waals surface area contributed by atoms with Gasteiger partial charge in [0.15, 0.2) is 17.5 Å². The zero-order chi connectivity index (χ0) is 12.7. The molecular formula is C12H11F3N2. The minimum Gasteiger partial charge on any atom is -0.387 e. The van der Waals surface area contributed by atoms with Crippen LogP contribution >= 0.6 is 0 Å². The lowest BCUT2D eigenvalue weighted by Crippen LogP contribution is -2.02. The Morgan fingerprint density at radius 2 is 1.76 bits per heavy atom. The third-order valence-corrected chi connectivity index (χ3v) is 2.85. The third kappa shape index (κ3) is 1.62. The van der Waals surface area contributed by atoms with Crippen LogP contribution in [0.5, 0.6) is 0 Å². The number of fused-ring (bicyclic) bond motifs is 1. The summed E-state index contributed by atoms with van der Waals surface area (Å²) < 4.78 is 39.9. The molecule has 0 radical (unpaired) electrons. The predicted octanol–water partition coefficient (Wildman–Crippen LogP) is 3.31. The van der Waals surface area contributed by atoms with Crippen molar-refractivity contribution in [3.63, 3.8) is 0 Å². The Bertz CT molecular complexity index is 609. The third-order valence-electron chi connectivity index (χ3n) is 2.85. The fourth-order valence-electron chi connectivity index (χ4n) is 1.84. The Morgan fingerprint density at radius 3 is 2.35 bits per heavy atom. The molecule has 1 heterocycles. The average Bonchev–Trinajstić information content (AvgIpc) is 2.30. The van der Waals surface area contributed by atoms with E-state index in [2.05, 4.69) is 10.3 Å². The molecule has 2 aromatic rings. The summed E-state index contributed by atoms with van der Waals surface area (Å²) in [7, 11) is 1.64. The molecule has 17 heavy (non-hydrogen) atoms. The molecule has 2 nitrogen and oxygen atoms in total. The van der Waals surface area contributed by atoms with Gasteiger partial charge in [-0.2, -0.15) is 0 Å². The molecule has 0 aliphatic rings. The molecule has 0 atom stereocenters.